The minimum Gasteiger partial charge on any atom is -0.507 e. The molecule has 0 heterocycles. The molecule has 2 aromatic carbocycles. The summed E-state index contributed by atoms with van der Waals surface area (Å²) in [5.41, 5.74) is 0.919. The van der Waals surface area contributed by atoms with Gasteiger partial charge in [-0.2, -0.15) is 0 Å². The van der Waals surface area contributed by atoms with Crippen LogP contribution in [0.4, 0.5) is 0 Å². The van der Waals surface area contributed by atoms with Gasteiger partial charge < -0.3 is 5.11 Å². The summed E-state index contributed by atoms with van der Waals surface area (Å²) < 4.78 is 0. The number of hydrogen-bond donors (Lipinski definition) is 1. The van der Waals surface area contributed by atoms with Crippen molar-refractivity contribution in [3.63, 3.8) is 0 Å². The van der Waals surface area contributed by atoms with Crippen LogP contribution in [0, 0.1) is 0 Å². The SMILES string of the molecule is CC.CC.CC.CC.O=C(c1ccccc1)c1ccccc1O. The third kappa shape index (κ3) is 10.3. The summed E-state index contributed by atoms with van der Waals surface area (Å²) in [5, 5.41) is 9.52. The molecule has 0 aliphatic heterocycles. The van der Waals surface area contributed by atoms with E-state index < -0.39 is 0 Å². The lowest BCUT2D eigenvalue weighted by atomic mass is 10.0. The van der Waals surface area contributed by atoms with Crippen LogP contribution in [-0.4, -0.2) is 10.9 Å². The Hall–Kier alpha value is -2.09. The number of para-hydroxylation sites is 1. The largest absolute Gasteiger partial charge is 0.507 e. The Kier molecular flexibility index (Phi) is 22.4. The summed E-state index contributed by atoms with van der Waals surface area (Å²) in [6, 6.07) is 15.5. The van der Waals surface area contributed by atoms with E-state index in [0.29, 0.717) is 11.1 Å². The average Bonchev–Trinajstić information content (AvgIpc) is 2.69. The number of phenolic OH excluding ortho intramolecular Hbond substituents is 1. The van der Waals surface area contributed by atoms with E-state index >= 15 is 0 Å². The van der Waals surface area contributed by atoms with Gasteiger partial charge >= 0.3 is 0 Å². The number of rotatable bonds is 2. The van der Waals surface area contributed by atoms with E-state index in [1.54, 1.807) is 42.5 Å². The zero-order valence-corrected chi connectivity index (χ0v) is 16.1. The van der Waals surface area contributed by atoms with Gasteiger partial charge in [0.15, 0.2) is 5.78 Å². The number of hydrogen-bond acceptors (Lipinski definition) is 2. The molecule has 0 saturated carbocycles. The lowest BCUT2D eigenvalue weighted by Crippen LogP contribution is -2.00. The molecule has 0 aliphatic carbocycles. The first-order valence-electron chi connectivity index (χ1n) is 8.67. The van der Waals surface area contributed by atoms with E-state index in [9.17, 15) is 9.90 Å². The topological polar surface area (TPSA) is 37.3 Å². The van der Waals surface area contributed by atoms with Crippen molar-refractivity contribution in [2.24, 2.45) is 0 Å². The zero-order valence-electron chi connectivity index (χ0n) is 16.1. The average molecular weight is 319 g/mol. The fourth-order valence-corrected chi connectivity index (χ4v) is 1.41. The van der Waals surface area contributed by atoms with Gasteiger partial charge in [0.25, 0.3) is 0 Å². The molecule has 0 saturated heterocycles. The van der Waals surface area contributed by atoms with Gasteiger partial charge in [-0.3, -0.25) is 4.79 Å². The van der Waals surface area contributed by atoms with E-state index in [2.05, 4.69) is 0 Å². The van der Waals surface area contributed by atoms with Crippen molar-refractivity contribution in [3.05, 3.63) is 65.7 Å². The number of benzene rings is 2. The van der Waals surface area contributed by atoms with Crippen LogP contribution in [-0.2, 0) is 0 Å². The smallest absolute Gasteiger partial charge is 0.196 e. The third-order valence-electron chi connectivity index (χ3n) is 2.18. The minimum absolute atomic E-state index is 0.0198. The normalized spacial score (nSPS) is 7.48. The van der Waals surface area contributed by atoms with Gasteiger partial charge in [0.05, 0.1) is 5.56 Å². The number of carbonyl (C=O) groups excluding carboxylic acids is 1. The maximum atomic E-state index is 11.9. The lowest BCUT2D eigenvalue weighted by molar-refractivity contribution is 0.103. The fourth-order valence-electron chi connectivity index (χ4n) is 1.41. The molecule has 0 atom stereocenters. The number of phenols is 1. The molecule has 0 amide bonds. The van der Waals surface area contributed by atoms with Gasteiger partial charge in [-0.15, -0.1) is 0 Å². The van der Waals surface area contributed by atoms with E-state index in [1.165, 1.54) is 6.07 Å². The predicted molar refractivity (Wildman–Crippen MR) is 103 cm³/mol. The molecule has 2 aromatic rings. The summed E-state index contributed by atoms with van der Waals surface area (Å²) in [7, 11) is 0. The molecule has 0 fully saturated rings. The number of carbonyl (C=O) groups is 1. The van der Waals surface area contributed by atoms with Crippen molar-refractivity contribution in [2.45, 2.75) is 55.4 Å². The second-order valence-electron chi connectivity index (χ2n) is 3.21. The molecule has 1 N–H and O–H groups in total. The van der Waals surface area contributed by atoms with E-state index in [4.69, 9.17) is 0 Å². The van der Waals surface area contributed by atoms with Crippen LogP contribution in [0.5, 0.6) is 5.75 Å². The molecule has 130 valence electrons. The molecular formula is C21H34O2. The molecule has 2 rings (SSSR count). The first-order valence-corrected chi connectivity index (χ1v) is 8.67. The van der Waals surface area contributed by atoms with Crippen molar-refractivity contribution in [1.82, 2.24) is 0 Å². The maximum Gasteiger partial charge on any atom is 0.196 e. The Balaban J connectivity index is -0.000000438. The van der Waals surface area contributed by atoms with Gasteiger partial charge in [0.1, 0.15) is 5.75 Å². The van der Waals surface area contributed by atoms with Crippen molar-refractivity contribution in [3.8, 4) is 5.75 Å². The number of ketones is 1. The molecule has 0 aromatic heterocycles. The number of aromatic hydroxyl groups is 1. The third-order valence-corrected chi connectivity index (χ3v) is 2.18. The fraction of sp³-hybridized carbons (Fsp3) is 0.381. The van der Waals surface area contributed by atoms with E-state index in [0.717, 1.165) is 0 Å². The highest BCUT2D eigenvalue weighted by molar-refractivity contribution is 6.10. The van der Waals surface area contributed by atoms with Crippen molar-refractivity contribution in [2.75, 3.05) is 0 Å². The highest BCUT2D eigenvalue weighted by Gasteiger charge is 2.11. The molecule has 2 heteroatoms. The standard InChI is InChI=1S/C13H10O2.4C2H6/c14-12-9-5-4-8-11(12)13(15)10-6-2-1-3-7-10;4*1-2/h1-9,14H;4*1-2H3. The van der Waals surface area contributed by atoms with Gasteiger partial charge in [-0.25, -0.2) is 0 Å². The van der Waals surface area contributed by atoms with Crippen LogP contribution in [0.2, 0.25) is 0 Å². The Morgan fingerprint density at radius 1 is 0.652 bits per heavy atom. The van der Waals surface area contributed by atoms with Crippen molar-refractivity contribution < 1.29 is 9.90 Å². The monoisotopic (exact) mass is 318 g/mol. The summed E-state index contributed by atoms with van der Waals surface area (Å²) in [6.45, 7) is 16.0. The van der Waals surface area contributed by atoms with Gasteiger partial charge in [-0.05, 0) is 12.1 Å². The van der Waals surface area contributed by atoms with Crippen LogP contribution in [0.15, 0.2) is 54.6 Å². The van der Waals surface area contributed by atoms with Gasteiger partial charge in [0, 0.05) is 5.56 Å². The van der Waals surface area contributed by atoms with Crippen LogP contribution in [0.1, 0.15) is 71.3 Å². The summed E-state index contributed by atoms with van der Waals surface area (Å²) >= 11 is 0. The summed E-state index contributed by atoms with van der Waals surface area (Å²) in [5.74, 6) is -0.139. The van der Waals surface area contributed by atoms with Gasteiger partial charge in [0.2, 0.25) is 0 Å². The Morgan fingerprint density at radius 2 is 1.04 bits per heavy atom. The molecular weight excluding hydrogens is 284 g/mol. The molecule has 0 bridgehead atoms. The van der Waals surface area contributed by atoms with Gasteiger partial charge in [-0.1, -0.05) is 97.9 Å². The van der Waals surface area contributed by atoms with Crippen molar-refractivity contribution >= 4 is 5.78 Å². The molecule has 23 heavy (non-hydrogen) atoms. The van der Waals surface area contributed by atoms with Crippen LogP contribution >= 0.6 is 0 Å². The van der Waals surface area contributed by atoms with E-state index in [1.807, 2.05) is 61.5 Å². The molecule has 0 radical (unpaired) electrons. The quantitative estimate of drug-likeness (QED) is 0.623. The highest BCUT2D eigenvalue weighted by Crippen LogP contribution is 2.19. The molecule has 2 nitrogen and oxygen atoms in total. The summed E-state index contributed by atoms with van der Waals surface area (Å²) in [6.07, 6.45) is 0. The van der Waals surface area contributed by atoms with Crippen LogP contribution in [0.25, 0.3) is 0 Å². The Morgan fingerprint density at radius 3 is 1.48 bits per heavy atom. The van der Waals surface area contributed by atoms with E-state index in [-0.39, 0.29) is 11.5 Å². The first-order chi connectivity index (χ1) is 11.3. The minimum atomic E-state index is -0.159. The second kappa shape index (κ2) is 19.9. The molecule has 0 unspecified atom stereocenters. The van der Waals surface area contributed by atoms with Crippen LogP contribution in [0.3, 0.4) is 0 Å². The van der Waals surface area contributed by atoms with Crippen molar-refractivity contribution in [1.29, 1.82) is 0 Å². The summed E-state index contributed by atoms with van der Waals surface area (Å²) in [4.78, 5) is 11.9. The predicted octanol–water partition coefficient (Wildman–Crippen LogP) is 6.73. The molecule has 0 spiro atoms. The molecule has 0 aliphatic rings. The zero-order chi connectivity index (χ0) is 18.7. The highest BCUT2D eigenvalue weighted by atomic mass is 16.3. The Labute approximate surface area is 143 Å². The maximum absolute atomic E-state index is 11.9. The Bertz CT molecular complexity index is 476. The van der Waals surface area contributed by atoms with Crippen LogP contribution < -0.4 is 0 Å². The first kappa shape index (κ1) is 25.8. The lowest BCUT2D eigenvalue weighted by Gasteiger charge is -2.02. The second-order valence-corrected chi connectivity index (χ2v) is 3.21.